The Morgan fingerprint density at radius 2 is 2.04 bits per heavy atom. The van der Waals surface area contributed by atoms with E-state index in [1.165, 1.54) is 0 Å². The van der Waals surface area contributed by atoms with Gasteiger partial charge >= 0.3 is 0 Å². The number of carbonyl (C=O) groups excluding carboxylic acids is 1. The van der Waals surface area contributed by atoms with Crippen LogP contribution in [0.4, 0.5) is 0 Å². The van der Waals surface area contributed by atoms with Gasteiger partial charge < -0.3 is 4.90 Å². The maximum atomic E-state index is 13.1. The Hall–Kier alpha value is -2.96. The van der Waals surface area contributed by atoms with E-state index in [9.17, 15) is 4.79 Å². The molecule has 1 saturated heterocycles. The van der Waals surface area contributed by atoms with Gasteiger partial charge in [0.2, 0.25) is 5.91 Å². The fraction of sp³-hybridized carbons (Fsp3) is 0.400. The molecule has 3 aromatic rings. The van der Waals surface area contributed by atoms with E-state index in [0.717, 1.165) is 53.2 Å². The van der Waals surface area contributed by atoms with Gasteiger partial charge in [0.05, 0.1) is 23.6 Å². The molecule has 1 aliphatic rings. The first-order valence-electron chi connectivity index (χ1n) is 9.30. The number of nitrogens with one attached hydrogen (secondary N) is 1. The van der Waals surface area contributed by atoms with Crippen LogP contribution in [0.3, 0.4) is 0 Å². The van der Waals surface area contributed by atoms with E-state index in [2.05, 4.69) is 20.3 Å². The molecule has 1 unspecified atom stereocenters. The number of likely N-dealkylation sites (tertiary alicyclic amines) is 1. The number of hydrogen-bond acceptors (Lipinski definition) is 4. The molecule has 140 valence electrons. The third-order valence-electron chi connectivity index (χ3n) is 5.59. The van der Waals surface area contributed by atoms with Crippen molar-refractivity contribution in [1.29, 1.82) is 0 Å². The predicted octanol–water partition coefficient (Wildman–Crippen LogP) is 2.96. The molecular formula is C20H24N6O. The van der Waals surface area contributed by atoms with Gasteiger partial charge in [0.1, 0.15) is 6.54 Å². The highest BCUT2D eigenvalue weighted by atomic mass is 16.2. The van der Waals surface area contributed by atoms with Gasteiger partial charge in [-0.05, 0) is 56.9 Å². The molecule has 1 amide bonds. The van der Waals surface area contributed by atoms with E-state index >= 15 is 0 Å². The highest BCUT2D eigenvalue weighted by Gasteiger charge is 2.33. The number of nitrogens with zero attached hydrogens (tertiary/aromatic N) is 5. The minimum Gasteiger partial charge on any atom is -0.332 e. The Balaban J connectivity index is 1.59. The van der Waals surface area contributed by atoms with Crippen molar-refractivity contribution >= 4 is 5.91 Å². The quantitative estimate of drug-likeness (QED) is 0.772. The zero-order chi connectivity index (χ0) is 19.0. The molecule has 0 radical (unpaired) electrons. The first-order chi connectivity index (χ1) is 13.1. The van der Waals surface area contributed by atoms with E-state index in [1.54, 1.807) is 12.4 Å². The van der Waals surface area contributed by atoms with Gasteiger partial charge in [0.25, 0.3) is 0 Å². The Morgan fingerprint density at radius 3 is 2.74 bits per heavy atom. The van der Waals surface area contributed by atoms with Crippen molar-refractivity contribution in [2.24, 2.45) is 0 Å². The summed E-state index contributed by atoms with van der Waals surface area (Å²) in [5, 5.41) is 11.9. The lowest BCUT2D eigenvalue weighted by molar-refractivity contribution is -0.133. The van der Waals surface area contributed by atoms with Crippen molar-refractivity contribution in [3.8, 4) is 11.1 Å². The zero-order valence-electron chi connectivity index (χ0n) is 15.9. The second-order valence-electron chi connectivity index (χ2n) is 7.13. The van der Waals surface area contributed by atoms with Crippen LogP contribution in [0.5, 0.6) is 0 Å². The van der Waals surface area contributed by atoms with Crippen LogP contribution in [0.25, 0.3) is 11.1 Å². The van der Waals surface area contributed by atoms with E-state index in [-0.39, 0.29) is 18.5 Å². The minimum absolute atomic E-state index is 0.0150. The number of aromatic nitrogens is 5. The second kappa shape index (κ2) is 6.98. The van der Waals surface area contributed by atoms with E-state index in [4.69, 9.17) is 0 Å². The summed E-state index contributed by atoms with van der Waals surface area (Å²) in [7, 11) is 0. The standard InChI is InChI=1S/C20H24N6O/c1-13-14(2)24-26(15(13)3)12-19(27)25-10-4-5-18(25)20-17(11-22-23-20)16-6-8-21-9-7-16/h6-9,11,18H,4-5,10,12H2,1-3H3,(H,22,23). The number of amides is 1. The zero-order valence-corrected chi connectivity index (χ0v) is 15.9. The van der Waals surface area contributed by atoms with Gasteiger partial charge in [-0.1, -0.05) is 0 Å². The Labute approximate surface area is 158 Å². The lowest BCUT2D eigenvalue weighted by atomic mass is 10.0. The van der Waals surface area contributed by atoms with E-state index in [0.29, 0.717) is 0 Å². The molecule has 1 aliphatic heterocycles. The summed E-state index contributed by atoms with van der Waals surface area (Å²) < 4.78 is 1.82. The first kappa shape index (κ1) is 17.5. The minimum atomic E-state index is 0.0150. The second-order valence-corrected chi connectivity index (χ2v) is 7.13. The fourth-order valence-corrected chi connectivity index (χ4v) is 3.84. The van der Waals surface area contributed by atoms with Crippen molar-refractivity contribution in [2.75, 3.05) is 6.54 Å². The largest absolute Gasteiger partial charge is 0.332 e. The van der Waals surface area contributed by atoms with Gasteiger partial charge in [0.15, 0.2) is 0 Å². The summed E-state index contributed by atoms with van der Waals surface area (Å²) in [6.07, 6.45) is 7.29. The molecule has 7 nitrogen and oxygen atoms in total. The topological polar surface area (TPSA) is 79.7 Å². The molecule has 27 heavy (non-hydrogen) atoms. The van der Waals surface area contributed by atoms with Crippen LogP contribution in [0.2, 0.25) is 0 Å². The Morgan fingerprint density at radius 1 is 1.26 bits per heavy atom. The highest BCUT2D eigenvalue weighted by molar-refractivity contribution is 5.77. The van der Waals surface area contributed by atoms with E-state index in [1.807, 2.05) is 48.7 Å². The smallest absolute Gasteiger partial charge is 0.244 e. The van der Waals surface area contributed by atoms with Crippen LogP contribution in [0, 0.1) is 20.8 Å². The number of hydrogen-bond donors (Lipinski definition) is 1. The lowest BCUT2D eigenvalue weighted by Gasteiger charge is -2.25. The lowest BCUT2D eigenvalue weighted by Crippen LogP contribution is -2.34. The third kappa shape index (κ3) is 3.13. The van der Waals surface area contributed by atoms with Gasteiger partial charge in [-0.15, -0.1) is 0 Å². The first-order valence-corrected chi connectivity index (χ1v) is 9.30. The molecule has 4 heterocycles. The summed E-state index contributed by atoms with van der Waals surface area (Å²) in [4.78, 5) is 19.1. The van der Waals surface area contributed by atoms with Crippen LogP contribution in [-0.2, 0) is 11.3 Å². The number of aryl methyl sites for hydroxylation is 1. The van der Waals surface area contributed by atoms with Crippen molar-refractivity contribution in [2.45, 2.75) is 46.2 Å². The summed E-state index contributed by atoms with van der Waals surface area (Å²) in [5.74, 6) is 0.0957. The van der Waals surface area contributed by atoms with Crippen molar-refractivity contribution in [3.63, 3.8) is 0 Å². The average Bonchev–Trinajstić information content (AvgIpc) is 3.39. The van der Waals surface area contributed by atoms with Gasteiger partial charge in [0, 0.05) is 30.2 Å². The van der Waals surface area contributed by atoms with Crippen LogP contribution >= 0.6 is 0 Å². The summed E-state index contributed by atoms with van der Waals surface area (Å²) in [6, 6.07) is 3.95. The third-order valence-corrected chi connectivity index (χ3v) is 5.59. The van der Waals surface area contributed by atoms with Crippen molar-refractivity contribution in [1.82, 2.24) is 29.9 Å². The van der Waals surface area contributed by atoms with Crippen LogP contribution in [0.1, 0.15) is 41.5 Å². The monoisotopic (exact) mass is 364 g/mol. The molecule has 4 rings (SSSR count). The highest BCUT2D eigenvalue weighted by Crippen LogP contribution is 2.36. The number of rotatable bonds is 4. The molecule has 1 atom stereocenters. The van der Waals surface area contributed by atoms with Crippen LogP contribution in [0.15, 0.2) is 30.7 Å². The molecule has 3 aromatic heterocycles. The molecule has 1 N–H and O–H groups in total. The molecule has 0 saturated carbocycles. The van der Waals surface area contributed by atoms with Crippen LogP contribution < -0.4 is 0 Å². The number of H-pyrrole nitrogens is 1. The number of pyridine rings is 1. The number of aromatic amines is 1. The molecule has 1 fully saturated rings. The maximum Gasteiger partial charge on any atom is 0.244 e. The molecule has 7 heteroatoms. The van der Waals surface area contributed by atoms with E-state index < -0.39 is 0 Å². The van der Waals surface area contributed by atoms with Gasteiger partial charge in [-0.25, -0.2) is 0 Å². The summed E-state index contributed by atoms with van der Waals surface area (Å²) >= 11 is 0. The Bertz CT molecular complexity index is 958. The Kier molecular flexibility index (Phi) is 4.51. The molecule has 0 bridgehead atoms. The average molecular weight is 364 g/mol. The fourth-order valence-electron chi connectivity index (χ4n) is 3.84. The molecule has 0 aliphatic carbocycles. The maximum absolute atomic E-state index is 13.1. The molecule has 0 spiro atoms. The predicted molar refractivity (Wildman–Crippen MR) is 102 cm³/mol. The summed E-state index contributed by atoms with van der Waals surface area (Å²) in [6.45, 7) is 7.07. The van der Waals surface area contributed by atoms with Crippen molar-refractivity contribution < 1.29 is 4.79 Å². The normalized spacial score (nSPS) is 16.9. The summed E-state index contributed by atoms with van der Waals surface area (Å²) in [5.41, 5.74) is 6.26. The molecular weight excluding hydrogens is 340 g/mol. The molecule has 0 aromatic carbocycles. The van der Waals surface area contributed by atoms with Crippen LogP contribution in [-0.4, -0.2) is 42.3 Å². The SMILES string of the molecule is Cc1nn(CC(=O)N2CCCC2c2[nH]ncc2-c2ccncc2)c(C)c1C. The van der Waals surface area contributed by atoms with Gasteiger partial charge in [-0.2, -0.15) is 10.2 Å². The number of carbonyl (C=O) groups is 1. The van der Waals surface area contributed by atoms with Gasteiger partial charge in [-0.3, -0.25) is 19.6 Å². The van der Waals surface area contributed by atoms with Crippen molar-refractivity contribution in [3.05, 3.63) is 53.4 Å².